The van der Waals surface area contributed by atoms with Crippen LogP contribution in [0.3, 0.4) is 0 Å². The van der Waals surface area contributed by atoms with E-state index in [-0.39, 0.29) is 0 Å². The summed E-state index contributed by atoms with van der Waals surface area (Å²) in [6.45, 7) is 3.87. The smallest absolute Gasteiger partial charge is 0.271 e. The van der Waals surface area contributed by atoms with Crippen LogP contribution < -0.4 is 5.84 Å². The molecule has 0 fully saturated rings. The summed E-state index contributed by atoms with van der Waals surface area (Å²) in [6, 6.07) is 5.91. The van der Waals surface area contributed by atoms with Crippen LogP contribution in [-0.4, -0.2) is 29.6 Å². The molecule has 4 aromatic rings. The first-order valence-corrected chi connectivity index (χ1v) is 9.33. The summed E-state index contributed by atoms with van der Waals surface area (Å²) in [7, 11) is 0. The van der Waals surface area contributed by atoms with Crippen LogP contribution in [0.15, 0.2) is 39.4 Å². The maximum Gasteiger partial charge on any atom is 0.271 e. The SMILES string of the molecule is Cc1cc(C)n(-c2nnc(SCc3coc(-c4cccs4)n3)n2N)n1. The Bertz CT molecular complexity index is 999. The summed E-state index contributed by atoms with van der Waals surface area (Å²) in [5.74, 6) is 7.82. The van der Waals surface area contributed by atoms with Gasteiger partial charge in [0.15, 0.2) is 0 Å². The van der Waals surface area contributed by atoms with Gasteiger partial charge in [-0.15, -0.1) is 21.5 Å². The molecule has 0 aromatic carbocycles. The first-order valence-electron chi connectivity index (χ1n) is 7.47. The highest BCUT2D eigenvalue weighted by Crippen LogP contribution is 2.26. The standard InChI is InChI=1S/C15H15N7OS2/c1-9-6-10(2)22(20-9)14-18-19-15(21(14)16)25-8-11-7-23-13(17-11)12-4-3-5-24-12/h3-7H,8,16H2,1-2H3. The second-order valence-corrected chi connectivity index (χ2v) is 7.29. The number of thiophene rings is 1. The normalized spacial score (nSPS) is 11.3. The van der Waals surface area contributed by atoms with E-state index < -0.39 is 0 Å². The van der Waals surface area contributed by atoms with Crippen molar-refractivity contribution in [3.05, 3.63) is 46.9 Å². The van der Waals surface area contributed by atoms with Gasteiger partial charge in [0.1, 0.15) is 6.26 Å². The summed E-state index contributed by atoms with van der Waals surface area (Å²) in [4.78, 5) is 5.49. The van der Waals surface area contributed by atoms with E-state index in [4.69, 9.17) is 10.3 Å². The van der Waals surface area contributed by atoms with Crippen molar-refractivity contribution in [1.29, 1.82) is 0 Å². The van der Waals surface area contributed by atoms with Crippen LogP contribution in [0.1, 0.15) is 17.1 Å². The van der Waals surface area contributed by atoms with E-state index in [0.29, 0.717) is 22.7 Å². The molecule has 4 aromatic heterocycles. The molecule has 0 saturated carbocycles. The summed E-state index contributed by atoms with van der Waals surface area (Å²) in [5, 5.41) is 15.3. The molecule has 0 radical (unpaired) electrons. The molecule has 0 unspecified atom stereocenters. The predicted octanol–water partition coefficient (Wildman–Crippen LogP) is 2.80. The number of oxazole rings is 1. The summed E-state index contributed by atoms with van der Waals surface area (Å²) < 4.78 is 8.63. The monoisotopic (exact) mass is 373 g/mol. The van der Waals surface area contributed by atoms with Gasteiger partial charge in [-0.3, -0.25) is 0 Å². The van der Waals surface area contributed by atoms with Crippen LogP contribution in [0, 0.1) is 13.8 Å². The Morgan fingerprint density at radius 2 is 2.20 bits per heavy atom. The van der Waals surface area contributed by atoms with Crippen LogP contribution >= 0.6 is 23.1 Å². The van der Waals surface area contributed by atoms with Gasteiger partial charge in [-0.1, -0.05) is 17.8 Å². The quantitative estimate of drug-likeness (QED) is 0.424. The van der Waals surface area contributed by atoms with E-state index in [2.05, 4.69) is 20.3 Å². The number of hydrogen-bond acceptors (Lipinski definition) is 8. The molecular weight excluding hydrogens is 358 g/mol. The topological polar surface area (TPSA) is 101 Å². The van der Waals surface area contributed by atoms with E-state index in [9.17, 15) is 0 Å². The lowest BCUT2D eigenvalue weighted by Crippen LogP contribution is -2.17. The molecule has 8 nitrogen and oxygen atoms in total. The van der Waals surface area contributed by atoms with E-state index >= 15 is 0 Å². The van der Waals surface area contributed by atoms with Crippen LogP contribution in [0.4, 0.5) is 0 Å². The average Bonchev–Trinajstić information content (AvgIpc) is 3.34. The van der Waals surface area contributed by atoms with Crippen molar-refractivity contribution in [3.8, 4) is 16.7 Å². The second kappa shape index (κ2) is 6.37. The predicted molar refractivity (Wildman–Crippen MR) is 96.1 cm³/mol. The molecular formula is C15H15N7OS2. The Morgan fingerprint density at radius 1 is 1.32 bits per heavy atom. The lowest BCUT2D eigenvalue weighted by atomic mass is 10.4. The van der Waals surface area contributed by atoms with Crippen molar-refractivity contribution >= 4 is 23.1 Å². The molecule has 4 rings (SSSR count). The molecule has 0 atom stereocenters. The fourth-order valence-corrected chi connectivity index (χ4v) is 3.75. The fourth-order valence-electron chi connectivity index (χ4n) is 2.37. The van der Waals surface area contributed by atoms with Crippen molar-refractivity contribution in [2.24, 2.45) is 0 Å². The molecule has 128 valence electrons. The molecule has 2 N–H and O–H groups in total. The van der Waals surface area contributed by atoms with Crippen LogP contribution in [0.25, 0.3) is 16.7 Å². The molecule has 0 amide bonds. The van der Waals surface area contributed by atoms with Crippen molar-refractivity contribution in [2.45, 2.75) is 24.8 Å². The fraction of sp³-hybridized carbons (Fsp3) is 0.200. The molecule has 0 aliphatic rings. The number of nitrogens with zero attached hydrogens (tertiary/aromatic N) is 6. The summed E-state index contributed by atoms with van der Waals surface area (Å²) in [6.07, 6.45) is 1.65. The van der Waals surface area contributed by atoms with Gasteiger partial charge in [0.2, 0.25) is 11.0 Å². The maximum absolute atomic E-state index is 6.13. The van der Waals surface area contributed by atoms with Crippen LogP contribution in [0.2, 0.25) is 0 Å². The number of aryl methyl sites for hydroxylation is 2. The van der Waals surface area contributed by atoms with Gasteiger partial charge in [-0.05, 0) is 31.4 Å². The molecule has 0 aliphatic carbocycles. The minimum Gasteiger partial charge on any atom is -0.444 e. The van der Waals surface area contributed by atoms with Crippen molar-refractivity contribution in [1.82, 2.24) is 29.6 Å². The van der Waals surface area contributed by atoms with E-state index in [1.54, 1.807) is 22.3 Å². The number of thioether (sulfide) groups is 1. The van der Waals surface area contributed by atoms with E-state index in [1.165, 1.54) is 16.4 Å². The summed E-state index contributed by atoms with van der Waals surface area (Å²) in [5.41, 5.74) is 2.67. The molecule has 10 heteroatoms. The number of hydrogen-bond donors (Lipinski definition) is 1. The third-order valence-corrected chi connectivity index (χ3v) is 5.31. The van der Waals surface area contributed by atoms with Gasteiger partial charge in [0.25, 0.3) is 5.95 Å². The highest BCUT2D eigenvalue weighted by atomic mass is 32.2. The third kappa shape index (κ3) is 3.05. The first-order chi connectivity index (χ1) is 12.1. The molecule has 25 heavy (non-hydrogen) atoms. The van der Waals surface area contributed by atoms with Gasteiger partial charge >= 0.3 is 0 Å². The van der Waals surface area contributed by atoms with Crippen molar-refractivity contribution in [3.63, 3.8) is 0 Å². The zero-order valence-electron chi connectivity index (χ0n) is 13.6. The van der Waals surface area contributed by atoms with Crippen molar-refractivity contribution < 1.29 is 4.42 Å². The average molecular weight is 373 g/mol. The minimum absolute atomic E-state index is 0.479. The number of rotatable bonds is 5. The number of nitrogen functional groups attached to an aromatic ring is 1. The Labute approximate surface area is 151 Å². The van der Waals surface area contributed by atoms with Gasteiger partial charge in [-0.25, -0.2) is 14.3 Å². The molecule has 0 spiro atoms. The molecule has 0 bridgehead atoms. The van der Waals surface area contributed by atoms with Crippen LogP contribution in [0.5, 0.6) is 0 Å². The first kappa shape index (κ1) is 15.9. The highest BCUT2D eigenvalue weighted by molar-refractivity contribution is 7.98. The Kier molecular flexibility index (Phi) is 4.06. The number of nitrogens with two attached hydrogens (primary N) is 1. The van der Waals surface area contributed by atoms with Gasteiger partial charge in [0.05, 0.1) is 16.3 Å². The van der Waals surface area contributed by atoms with Gasteiger partial charge < -0.3 is 10.3 Å². The van der Waals surface area contributed by atoms with Gasteiger partial charge in [-0.2, -0.15) is 5.10 Å². The van der Waals surface area contributed by atoms with E-state index in [1.807, 2.05) is 37.4 Å². The maximum atomic E-state index is 6.13. The Hall–Kier alpha value is -2.59. The minimum atomic E-state index is 0.479. The molecule has 0 saturated heterocycles. The van der Waals surface area contributed by atoms with Crippen LogP contribution in [-0.2, 0) is 5.75 Å². The second-order valence-electron chi connectivity index (χ2n) is 5.40. The Balaban J connectivity index is 1.50. The lowest BCUT2D eigenvalue weighted by molar-refractivity contribution is 0.575. The molecule has 0 aliphatic heterocycles. The summed E-state index contributed by atoms with van der Waals surface area (Å²) >= 11 is 3.03. The number of aromatic nitrogens is 6. The van der Waals surface area contributed by atoms with Gasteiger partial charge in [0, 0.05) is 11.4 Å². The molecule has 4 heterocycles. The highest BCUT2D eigenvalue weighted by Gasteiger charge is 2.16. The Morgan fingerprint density at radius 3 is 2.92 bits per heavy atom. The largest absolute Gasteiger partial charge is 0.444 e. The zero-order chi connectivity index (χ0) is 17.4. The third-order valence-electron chi connectivity index (χ3n) is 3.48. The lowest BCUT2D eigenvalue weighted by Gasteiger charge is -2.04. The van der Waals surface area contributed by atoms with E-state index in [0.717, 1.165) is 22.0 Å². The van der Waals surface area contributed by atoms with Crippen molar-refractivity contribution in [2.75, 3.05) is 5.84 Å². The zero-order valence-corrected chi connectivity index (χ0v) is 15.2.